The molecule has 0 bridgehead atoms. The van der Waals surface area contributed by atoms with Crippen LogP contribution in [0.2, 0.25) is 0 Å². The Bertz CT molecular complexity index is 1090. The van der Waals surface area contributed by atoms with Gasteiger partial charge in [0.25, 0.3) is 11.5 Å². The molecule has 3 N–H and O–H groups in total. The van der Waals surface area contributed by atoms with Crippen molar-refractivity contribution in [1.29, 1.82) is 0 Å². The van der Waals surface area contributed by atoms with Gasteiger partial charge in [0.15, 0.2) is 6.17 Å². The number of hydrogen-bond acceptors (Lipinski definition) is 4. The number of fused-ring (bicyclic) bond motifs is 1. The van der Waals surface area contributed by atoms with Gasteiger partial charge in [-0.15, -0.1) is 0 Å². The number of benzene rings is 2. The Kier molecular flexibility index (Phi) is 4.19. The molecule has 6 nitrogen and oxygen atoms in total. The molecule has 1 aliphatic rings. The fraction of sp³-hybridized carbons (Fsp3) is 0.150. The fourth-order valence-corrected chi connectivity index (χ4v) is 3.10. The van der Waals surface area contributed by atoms with E-state index in [0.29, 0.717) is 17.6 Å². The molecule has 0 spiro atoms. The molecule has 0 aliphatic carbocycles. The maximum Gasteiger partial charge on any atom is 0.357 e. The zero-order valence-corrected chi connectivity index (χ0v) is 15.0. The van der Waals surface area contributed by atoms with Gasteiger partial charge in [0.1, 0.15) is 5.82 Å². The predicted molar refractivity (Wildman–Crippen MR) is 102 cm³/mol. The monoisotopic (exact) mass is 364 g/mol. The minimum Gasteiger partial charge on any atom is -0.269 e. The quantitative estimate of drug-likeness (QED) is 0.645. The van der Waals surface area contributed by atoms with Crippen molar-refractivity contribution in [3.8, 4) is 0 Å². The molecule has 1 atom stereocenters. The summed E-state index contributed by atoms with van der Waals surface area (Å²) in [5.41, 5.74) is 3.19. The van der Waals surface area contributed by atoms with Crippen LogP contribution in [0.25, 0.3) is 0 Å². The highest BCUT2D eigenvalue weighted by atomic mass is 19.1. The van der Waals surface area contributed by atoms with Crippen molar-refractivity contribution in [2.24, 2.45) is 0 Å². The minimum absolute atomic E-state index is 0.193. The van der Waals surface area contributed by atoms with Gasteiger partial charge in [-0.25, -0.2) is 24.6 Å². The molecule has 1 aromatic heterocycles. The standard InChI is InChI=1S/C20H18FN5O/c1-12-4-3-5-16(10-12)23-19-24-18(14-6-8-15(21)9-7-14)26-17(27)11-13(2)22-20(26)25-19/h3-11,18H,1-2H3,(H2,22,23,24,25)/p+1/t18-/m1/s1. The first-order valence-electron chi connectivity index (χ1n) is 8.59. The van der Waals surface area contributed by atoms with E-state index in [4.69, 9.17) is 0 Å². The second-order valence-electron chi connectivity index (χ2n) is 6.52. The van der Waals surface area contributed by atoms with Gasteiger partial charge in [0.2, 0.25) is 0 Å². The summed E-state index contributed by atoms with van der Waals surface area (Å²) in [6, 6.07) is 15.5. The topological polar surface area (TPSA) is 72.9 Å². The summed E-state index contributed by atoms with van der Waals surface area (Å²) in [7, 11) is 0. The van der Waals surface area contributed by atoms with Crippen LogP contribution in [0.1, 0.15) is 23.0 Å². The summed E-state index contributed by atoms with van der Waals surface area (Å²) in [6.45, 7) is 3.78. The molecular weight excluding hydrogens is 345 g/mol. The Balaban J connectivity index is 1.80. The number of halogens is 1. The van der Waals surface area contributed by atoms with Gasteiger partial charge in [-0.2, -0.15) is 0 Å². The van der Waals surface area contributed by atoms with E-state index in [9.17, 15) is 9.18 Å². The smallest absolute Gasteiger partial charge is 0.269 e. The van der Waals surface area contributed by atoms with E-state index >= 15 is 0 Å². The van der Waals surface area contributed by atoms with Gasteiger partial charge in [-0.05, 0) is 43.7 Å². The number of rotatable bonds is 2. The average Bonchev–Trinajstić information content (AvgIpc) is 2.61. The van der Waals surface area contributed by atoms with Crippen molar-refractivity contribution in [2.75, 3.05) is 10.6 Å². The number of anilines is 2. The molecular formula is C20H19FN5O+. The van der Waals surface area contributed by atoms with Gasteiger partial charge in [0, 0.05) is 17.3 Å². The van der Waals surface area contributed by atoms with E-state index in [-0.39, 0.29) is 11.4 Å². The van der Waals surface area contributed by atoms with Crippen LogP contribution in [-0.4, -0.2) is 15.5 Å². The molecule has 27 heavy (non-hydrogen) atoms. The zero-order chi connectivity index (χ0) is 19.0. The number of aromatic nitrogens is 2. The normalized spacial score (nSPS) is 15.5. The van der Waals surface area contributed by atoms with E-state index in [1.54, 1.807) is 19.1 Å². The third kappa shape index (κ3) is 3.44. The second-order valence-corrected chi connectivity index (χ2v) is 6.52. The first-order valence-corrected chi connectivity index (χ1v) is 8.59. The van der Waals surface area contributed by atoms with Gasteiger partial charge in [-0.3, -0.25) is 9.79 Å². The van der Waals surface area contributed by atoms with Gasteiger partial charge in [-0.1, -0.05) is 24.3 Å². The maximum absolute atomic E-state index is 13.4. The molecule has 0 fully saturated rings. The lowest BCUT2D eigenvalue weighted by Gasteiger charge is -2.23. The summed E-state index contributed by atoms with van der Waals surface area (Å²) in [5, 5.41) is 6.41. The van der Waals surface area contributed by atoms with Crippen LogP contribution >= 0.6 is 0 Å². The minimum atomic E-state index is -0.519. The highest BCUT2D eigenvalue weighted by Crippen LogP contribution is 2.17. The Labute approximate surface area is 155 Å². The van der Waals surface area contributed by atoms with Crippen LogP contribution in [0.4, 0.5) is 16.0 Å². The van der Waals surface area contributed by atoms with Crippen molar-refractivity contribution in [2.45, 2.75) is 20.0 Å². The molecule has 0 unspecified atom stereocenters. The van der Waals surface area contributed by atoms with Gasteiger partial charge >= 0.3 is 5.96 Å². The van der Waals surface area contributed by atoms with Crippen LogP contribution < -0.4 is 21.2 Å². The van der Waals surface area contributed by atoms with Crippen molar-refractivity contribution in [3.05, 3.63) is 87.6 Å². The van der Waals surface area contributed by atoms with Gasteiger partial charge < -0.3 is 0 Å². The number of guanidine groups is 1. The van der Waals surface area contributed by atoms with E-state index < -0.39 is 6.17 Å². The molecule has 2 aromatic carbocycles. The van der Waals surface area contributed by atoms with Crippen LogP contribution in [0, 0.1) is 19.7 Å². The van der Waals surface area contributed by atoms with Crippen molar-refractivity contribution in [3.63, 3.8) is 0 Å². The predicted octanol–water partition coefficient (Wildman–Crippen LogP) is 1.52. The molecule has 0 saturated heterocycles. The van der Waals surface area contributed by atoms with Crippen LogP contribution in [0.5, 0.6) is 0 Å². The van der Waals surface area contributed by atoms with E-state index in [0.717, 1.165) is 16.8 Å². The zero-order valence-electron chi connectivity index (χ0n) is 15.0. The first-order chi connectivity index (χ1) is 13.0. The number of aryl methyl sites for hydroxylation is 2. The van der Waals surface area contributed by atoms with Gasteiger partial charge in [0.05, 0.1) is 5.69 Å². The molecule has 3 aromatic rings. The lowest BCUT2D eigenvalue weighted by atomic mass is 10.1. The molecule has 0 radical (unpaired) electrons. The van der Waals surface area contributed by atoms with E-state index in [1.807, 2.05) is 31.2 Å². The molecule has 1 aliphatic heterocycles. The first kappa shape index (κ1) is 17.0. The molecule has 4 rings (SSSR count). The average molecular weight is 364 g/mol. The van der Waals surface area contributed by atoms with Crippen molar-refractivity contribution < 1.29 is 9.38 Å². The number of hydrogen-bond donors (Lipinski definition) is 3. The summed E-state index contributed by atoms with van der Waals surface area (Å²) in [6.07, 6.45) is -0.519. The Hall–Kier alpha value is -3.48. The van der Waals surface area contributed by atoms with Crippen LogP contribution in [-0.2, 0) is 0 Å². The second kappa shape index (κ2) is 6.68. The summed E-state index contributed by atoms with van der Waals surface area (Å²) in [5.74, 6) is 0.681. The molecule has 7 heteroatoms. The van der Waals surface area contributed by atoms with Crippen LogP contribution in [0.15, 0.2) is 59.4 Å². The van der Waals surface area contributed by atoms with Crippen LogP contribution in [0.3, 0.4) is 0 Å². The summed E-state index contributed by atoms with van der Waals surface area (Å²) < 4.78 is 14.9. The Morgan fingerprint density at radius 2 is 1.93 bits per heavy atom. The third-order valence-electron chi connectivity index (χ3n) is 4.33. The lowest BCUT2D eigenvalue weighted by Crippen LogP contribution is -2.82. The highest BCUT2D eigenvalue weighted by Gasteiger charge is 2.29. The van der Waals surface area contributed by atoms with E-state index in [1.165, 1.54) is 22.8 Å². The summed E-state index contributed by atoms with van der Waals surface area (Å²) >= 11 is 0. The third-order valence-corrected chi connectivity index (χ3v) is 4.33. The Morgan fingerprint density at radius 1 is 1.15 bits per heavy atom. The fourth-order valence-electron chi connectivity index (χ4n) is 3.10. The lowest BCUT2D eigenvalue weighted by molar-refractivity contribution is -0.520. The van der Waals surface area contributed by atoms with Crippen molar-refractivity contribution >= 4 is 17.6 Å². The summed E-state index contributed by atoms with van der Waals surface area (Å²) in [4.78, 5) is 20.3. The largest absolute Gasteiger partial charge is 0.357 e. The van der Waals surface area contributed by atoms with E-state index in [2.05, 4.69) is 20.6 Å². The molecule has 136 valence electrons. The SMILES string of the molecule is Cc1cccc(NC2=[NH+][C@@H](c3ccc(F)cc3)n3c(nc(C)cc3=O)N2)c1. The molecule has 0 amide bonds. The maximum atomic E-state index is 13.4. The van der Waals surface area contributed by atoms with Crippen molar-refractivity contribution in [1.82, 2.24) is 9.55 Å². The molecule has 2 heterocycles. The molecule has 0 saturated carbocycles. The number of nitrogens with one attached hydrogen (secondary N) is 3. The number of nitrogens with zero attached hydrogens (tertiary/aromatic N) is 2. The highest BCUT2D eigenvalue weighted by molar-refractivity contribution is 5.99. The Morgan fingerprint density at radius 3 is 2.67 bits per heavy atom.